The Hall–Kier alpha value is -2.94. The molecule has 30 heavy (non-hydrogen) atoms. The van der Waals surface area contributed by atoms with Crippen molar-refractivity contribution in [1.82, 2.24) is 25.2 Å². The van der Waals surface area contributed by atoms with Gasteiger partial charge in [0.1, 0.15) is 0 Å². The summed E-state index contributed by atoms with van der Waals surface area (Å²) >= 11 is 0. The number of anilines is 3. The van der Waals surface area contributed by atoms with Crippen LogP contribution in [0.25, 0.3) is 0 Å². The van der Waals surface area contributed by atoms with Crippen molar-refractivity contribution in [3.05, 3.63) is 36.8 Å². The Kier molecular flexibility index (Phi) is 6.91. The highest BCUT2D eigenvalue weighted by atomic mass is 16.2. The van der Waals surface area contributed by atoms with Crippen LogP contribution in [0.5, 0.6) is 0 Å². The van der Waals surface area contributed by atoms with E-state index in [4.69, 9.17) is 0 Å². The number of amides is 2. The van der Waals surface area contributed by atoms with Gasteiger partial charge in [0.05, 0.1) is 5.69 Å². The number of nitrogens with one attached hydrogen (secondary N) is 2. The van der Waals surface area contributed by atoms with Crippen LogP contribution in [0, 0.1) is 0 Å². The molecule has 2 amide bonds. The van der Waals surface area contributed by atoms with Crippen LogP contribution in [0.1, 0.15) is 19.3 Å². The molecule has 2 aliphatic heterocycles. The minimum atomic E-state index is -0.172. The number of aromatic nitrogens is 3. The Morgan fingerprint density at radius 1 is 0.900 bits per heavy atom. The Bertz CT molecular complexity index is 804. The fourth-order valence-corrected chi connectivity index (χ4v) is 3.97. The van der Waals surface area contributed by atoms with Gasteiger partial charge in [-0.2, -0.15) is 0 Å². The SMILES string of the molecule is O=C(NCCCN1CCN(c2ncccn2)CC1)Nc1cccnc1N1CCCC1. The molecule has 2 aromatic heterocycles. The molecule has 160 valence electrons. The van der Waals surface area contributed by atoms with E-state index in [2.05, 4.69) is 40.3 Å². The zero-order valence-electron chi connectivity index (χ0n) is 17.3. The lowest BCUT2D eigenvalue weighted by molar-refractivity contribution is 0.244. The first-order valence-corrected chi connectivity index (χ1v) is 10.8. The highest BCUT2D eigenvalue weighted by Gasteiger charge is 2.19. The fourth-order valence-electron chi connectivity index (χ4n) is 3.97. The number of hydrogen-bond donors (Lipinski definition) is 2. The second kappa shape index (κ2) is 10.2. The maximum absolute atomic E-state index is 12.3. The van der Waals surface area contributed by atoms with Crippen LogP contribution in [0.2, 0.25) is 0 Å². The fraction of sp³-hybridized carbons (Fsp3) is 0.524. The molecule has 0 atom stereocenters. The molecular formula is C21H30N8O. The van der Waals surface area contributed by atoms with Gasteiger partial charge in [-0.25, -0.2) is 19.7 Å². The Balaban J connectivity index is 1.15. The normalized spacial score (nSPS) is 17.2. The summed E-state index contributed by atoms with van der Waals surface area (Å²) in [5.74, 6) is 1.67. The summed E-state index contributed by atoms with van der Waals surface area (Å²) in [6, 6.07) is 5.44. The standard InChI is InChI=1S/C21H30N8O/c30-21(26-18-6-3-7-22-19(18)28-12-1-2-13-28)25-10-5-11-27-14-16-29(17-15-27)20-23-8-4-9-24-20/h3-4,6-9H,1-2,5,10-17H2,(H2,25,26,30). The van der Waals surface area contributed by atoms with Crippen molar-refractivity contribution in [2.45, 2.75) is 19.3 Å². The largest absolute Gasteiger partial charge is 0.355 e. The Labute approximate surface area is 177 Å². The van der Waals surface area contributed by atoms with Crippen LogP contribution in [-0.4, -0.2) is 78.2 Å². The van der Waals surface area contributed by atoms with E-state index in [1.165, 1.54) is 12.8 Å². The van der Waals surface area contributed by atoms with E-state index in [1.54, 1.807) is 18.6 Å². The van der Waals surface area contributed by atoms with E-state index >= 15 is 0 Å². The molecule has 2 aromatic rings. The van der Waals surface area contributed by atoms with Crippen LogP contribution in [0.3, 0.4) is 0 Å². The van der Waals surface area contributed by atoms with Gasteiger partial charge >= 0.3 is 6.03 Å². The predicted molar refractivity (Wildman–Crippen MR) is 118 cm³/mol. The van der Waals surface area contributed by atoms with Crippen LogP contribution in [-0.2, 0) is 0 Å². The molecule has 2 aliphatic rings. The molecule has 2 fully saturated rings. The molecule has 0 radical (unpaired) electrons. The van der Waals surface area contributed by atoms with Crippen LogP contribution in [0.4, 0.5) is 22.2 Å². The molecular weight excluding hydrogens is 380 g/mol. The summed E-state index contributed by atoms with van der Waals surface area (Å²) in [7, 11) is 0. The van der Waals surface area contributed by atoms with Gasteiger partial charge in [0, 0.05) is 64.4 Å². The number of carbonyl (C=O) groups excluding carboxylic acids is 1. The smallest absolute Gasteiger partial charge is 0.319 e. The summed E-state index contributed by atoms with van der Waals surface area (Å²) in [6.07, 6.45) is 8.61. The molecule has 0 saturated carbocycles. The van der Waals surface area contributed by atoms with E-state index in [1.807, 2.05) is 18.2 Å². The van der Waals surface area contributed by atoms with Crippen molar-refractivity contribution in [2.24, 2.45) is 0 Å². The third-order valence-electron chi connectivity index (χ3n) is 5.58. The lowest BCUT2D eigenvalue weighted by Gasteiger charge is -2.34. The molecule has 0 aromatic carbocycles. The number of pyridine rings is 1. The zero-order valence-corrected chi connectivity index (χ0v) is 17.3. The molecule has 9 nitrogen and oxygen atoms in total. The molecule has 2 N–H and O–H groups in total. The zero-order chi connectivity index (χ0) is 20.6. The third kappa shape index (κ3) is 5.35. The molecule has 2 saturated heterocycles. The number of hydrogen-bond acceptors (Lipinski definition) is 7. The molecule has 0 spiro atoms. The number of carbonyl (C=O) groups is 1. The minimum absolute atomic E-state index is 0.172. The van der Waals surface area contributed by atoms with Crippen LogP contribution in [0.15, 0.2) is 36.8 Å². The van der Waals surface area contributed by atoms with E-state index in [0.29, 0.717) is 6.54 Å². The molecule has 4 heterocycles. The molecule has 0 bridgehead atoms. The van der Waals surface area contributed by atoms with Gasteiger partial charge in [-0.3, -0.25) is 4.90 Å². The van der Waals surface area contributed by atoms with E-state index in [0.717, 1.165) is 69.7 Å². The monoisotopic (exact) mass is 410 g/mol. The van der Waals surface area contributed by atoms with Crippen molar-refractivity contribution in [2.75, 3.05) is 67.5 Å². The second-order valence-corrected chi connectivity index (χ2v) is 7.68. The van der Waals surface area contributed by atoms with Gasteiger partial charge in [-0.05, 0) is 44.0 Å². The average Bonchev–Trinajstić information content (AvgIpc) is 3.33. The second-order valence-electron chi connectivity index (χ2n) is 7.68. The average molecular weight is 411 g/mol. The lowest BCUT2D eigenvalue weighted by atomic mass is 10.3. The highest BCUT2D eigenvalue weighted by Crippen LogP contribution is 2.25. The van der Waals surface area contributed by atoms with Crippen molar-refractivity contribution < 1.29 is 4.79 Å². The molecule has 0 aliphatic carbocycles. The predicted octanol–water partition coefficient (Wildman–Crippen LogP) is 1.81. The van der Waals surface area contributed by atoms with E-state index in [9.17, 15) is 4.79 Å². The summed E-state index contributed by atoms with van der Waals surface area (Å²) < 4.78 is 0. The summed E-state index contributed by atoms with van der Waals surface area (Å²) in [5, 5.41) is 5.93. The number of nitrogens with zero attached hydrogens (tertiary/aromatic N) is 6. The van der Waals surface area contributed by atoms with E-state index < -0.39 is 0 Å². The van der Waals surface area contributed by atoms with Gasteiger partial charge in [-0.1, -0.05) is 0 Å². The minimum Gasteiger partial charge on any atom is -0.355 e. The summed E-state index contributed by atoms with van der Waals surface area (Å²) in [6.45, 7) is 7.44. The lowest BCUT2D eigenvalue weighted by Crippen LogP contribution is -2.47. The number of piperazine rings is 1. The van der Waals surface area contributed by atoms with E-state index in [-0.39, 0.29) is 6.03 Å². The third-order valence-corrected chi connectivity index (χ3v) is 5.58. The maximum atomic E-state index is 12.3. The van der Waals surface area contributed by atoms with Crippen molar-refractivity contribution in [3.63, 3.8) is 0 Å². The maximum Gasteiger partial charge on any atom is 0.319 e. The molecule has 4 rings (SSSR count). The van der Waals surface area contributed by atoms with Gasteiger partial charge in [-0.15, -0.1) is 0 Å². The van der Waals surface area contributed by atoms with Crippen molar-refractivity contribution >= 4 is 23.5 Å². The number of rotatable bonds is 7. The van der Waals surface area contributed by atoms with Crippen molar-refractivity contribution in [3.8, 4) is 0 Å². The first kappa shape index (κ1) is 20.3. The first-order chi connectivity index (χ1) is 14.8. The highest BCUT2D eigenvalue weighted by molar-refractivity contribution is 5.92. The molecule has 9 heteroatoms. The Morgan fingerprint density at radius 3 is 2.40 bits per heavy atom. The number of urea groups is 1. The summed E-state index contributed by atoms with van der Waals surface area (Å²) in [4.78, 5) is 32.3. The van der Waals surface area contributed by atoms with Gasteiger partial charge < -0.3 is 20.4 Å². The Morgan fingerprint density at radius 2 is 1.63 bits per heavy atom. The van der Waals surface area contributed by atoms with Gasteiger partial charge in [0.25, 0.3) is 0 Å². The van der Waals surface area contributed by atoms with Crippen LogP contribution < -0.4 is 20.4 Å². The molecule has 0 unspecified atom stereocenters. The van der Waals surface area contributed by atoms with Gasteiger partial charge in [0.2, 0.25) is 5.95 Å². The van der Waals surface area contributed by atoms with Gasteiger partial charge in [0.15, 0.2) is 5.82 Å². The first-order valence-electron chi connectivity index (χ1n) is 10.8. The topological polar surface area (TPSA) is 89.5 Å². The van der Waals surface area contributed by atoms with Crippen molar-refractivity contribution in [1.29, 1.82) is 0 Å². The summed E-state index contributed by atoms with van der Waals surface area (Å²) in [5.41, 5.74) is 0.774. The quantitative estimate of drug-likeness (QED) is 0.673. The van der Waals surface area contributed by atoms with Crippen LogP contribution >= 0.6 is 0 Å².